The first-order valence-corrected chi connectivity index (χ1v) is 14.0. The molecule has 11 heteroatoms. The third kappa shape index (κ3) is 6.84. The van der Waals surface area contributed by atoms with Gasteiger partial charge in [-0.25, -0.2) is 0 Å². The Morgan fingerprint density at radius 3 is 1.63 bits per heavy atom. The number of benzene rings is 2. The SMILES string of the molecule is CCN(C(C)=O)c1c(I)c(C(=O)N(CC(=O)O)Cc2ccccc2)c(I)c(N(CC)C(C)=O)c1I. The van der Waals surface area contributed by atoms with E-state index in [1.165, 1.54) is 18.7 Å². The number of aliphatic carboxylic acids is 1. The molecule has 2 aromatic carbocycles. The van der Waals surface area contributed by atoms with Crippen molar-refractivity contribution in [2.24, 2.45) is 0 Å². The van der Waals surface area contributed by atoms with E-state index in [1.54, 1.807) is 9.80 Å². The summed E-state index contributed by atoms with van der Waals surface area (Å²) in [6, 6.07) is 9.15. The predicted molar refractivity (Wildman–Crippen MR) is 161 cm³/mol. The van der Waals surface area contributed by atoms with Gasteiger partial charge in [0.1, 0.15) is 6.54 Å². The zero-order chi connectivity index (χ0) is 26.4. The fourth-order valence-corrected chi connectivity index (χ4v) is 8.49. The molecule has 0 saturated heterocycles. The van der Waals surface area contributed by atoms with E-state index >= 15 is 0 Å². The summed E-state index contributed by atoms with van der Waals surface area (Å²) in [4.78, 5) is 55.0. The number of halogens is 3. The summed E-state index contributed by atoms with van der Waals surface area (Å²) in [7, 11) is 0. The highest BCUT2D eigenvalue weighted by molar-refractivity contribution is 14.1. The average molecular weight is 817 g/mol. The molecule has 3 amide bonds. The Kier molecular flexibility index (Phi) is 11.2. The van der Waals surface area contributed by atoms with Crippen LogP contribution < -0.4 is 9.80 Å². The molecule has 2 aromatic rings. The average Bonchev–Trinajstić information content (AvgIpc) is 2.78. The molecule has 8 nitrogen and oxygen atoms in total. The van der Waals surface area contributed by atoms with Crippen molar-refractivity contribution in [3.63, 3.8) is 0 Å². The molecular formula is C24H26I3N3O5. The molecule has 0 aliphatic rings. The second kappa shape index (κ2) is 13.2. The van der Waals surface area contributed by atoms with E-state index in [0.29, 0.717) is 35.2 Å². The molecule has 1 N–H and O–H groups in total. The Balaban J connectivity index is 2.85. The molecule has 0 aliphatic carbocycles. The van der Waals surface area contributed by atoms with Gasteiger partial charge in [-0.1, -0.05) is 30.3 Å². The van der Waals surface area contributed by atoms with Crippen LogP contribution in [-0.4, -0.2) is 53.3 Å². The van der Waals surface area contributed by atoms with Gasteiger partial charge in [0.05, 0.1) is 27.6 Å². The zero-order valence-corrected chi connectivity index (χ0v) is 26.2. The predicted octanol–water partition coefficient (Wildman–Crippen LogP) is 4.97. The molecule has 0 radical (unpaired) electrons. The summed E-state index contributed by atoms with van der Waals surface area (Å²) >= 11 is 6.21. The Hall–Kier alpha value is -1.49. The minimum absolute atomic E-state index is 0.100. The smallest absolute Gasteiger partial charge is 0.323 e. The molecule has 0 saturated carbocycles. The number of carboxylic acid groups (broad SMARTS) is 1. The Morgan fingerprint density at radius 2 is 1.26 bits per heavy atom. The lowest BCUT2D eigenvalue weighted by Crippen LogP contribution is -2.38. The molecule has 0 aromatic heterocycles. The molecule has 0 fully saturated rings. The van der Waals surface area contributed by atoms with E-state index in [4.69, 9.17) is 0 Å². The maximum Gasteiger partial charge on any atom is 0.323 e. The Bertz CT molecular complexity index is 1090. The lowest BCUT2D eigenvalue weighted by molar-refractivity contribution is -0.137. The molecule has 0 bridgehead atoms. The number of anilines is 2. The van der Waals surface area contributed by atoms with Crippen molar-refractivity contribution in [2.45, 2.75) is 34.2 Å². The van der Waals surface area contributed by atoms with Gasteiger partial charge in [-0.2, -0.15) is 0 Å². The van der Waals surface area contributed by atoms with Gasteiger partial charge >= 0.3 is 5.97 Å². The summed E-state index contributed by atoms with van der Waals surface area (Å²) in [5.41, 5.74) is 2.13. The summed E-state index contributed by atoms with van der Waals surface area (Å²) in [6.07, 6.45) is 0. The highest BCUT2D eigenvalue weighted by Crippen LogP contribution is 2.43. The number of nitrogens with zero attached hydrogens (tertiary/aromatic N) is 3. The van der Waals surface area contributed by atoms with Gasteiger partial charge in [0.15, 0.2) is 0 Å². The molecule has 0 unspecified atom stereocenters. The third-order valence-electron chi connectivity index (χ3n) is 5.25. The van der Waals surface area contributed by atoms with Gasteiger partial charge < -0.3 is 19.8 Å². The highest BCUT2D eigenvalue weighted by atomic mass is 127. The van der Waals surface area contributed by atoms with Gasteiger partial charge in [-0.15, -0.1) is 0 Å². The van der Waals surface area contributed by atoms with Crippen molar-refractivity contribution >= 4 is 103 Å². The van der Waals surface area contributed by atoms with E-state index in [2.05, 4.69) is 22.6 Å². The van der Waals surface area contributed by atoms with Crippen molar-refractivity contribution in [1.29, 1.82) is 0 Å². The fourth-order valence-electron chi connectivity index (χ4n) is 3.70. The first kappa shape index (κ1) is 29.7. The van der Waals surface area contributed by atoms with Gasteiger partial charge in [-0.05, 0) is 87.2 Å². The Morgan fingerprint density at radius 1 is 0.800 bits per heavy atom. The fraction of sp³-hybridized carbons (Fsp3) is 0.333. The van der Waals surface area contributed by atoms with Gasteiger partial charge in [-0.3, -0.25) is 19.2 Å². The zero-order valence-electron chi connectivity index (χ0n) is 19.8. The van der Waals surface area contributed by atoms with Crippen LogP contribution in [0.2, 0.25) is 0 Å². The Labute approximate surface area is 245 Å². The monoisotopic (exact) mass is 817 g/mol. The second-order valence-corrected chi connectivity index (χ2v) is 10.8. The summed E-state index contributed by atoms with van der Waals surface area (Å²) in [5.74, 6) is -2.02. The maximum absolute atomic E-state index is 13.9. The van der Waals surface area contributed by atoms with Crippen molar-refractivity contribution in [3.8, 4) is 0 Å². The summed E-state index contributed by atoms with van der Waals surface area (Å²) < 4.78 is 1.74. The van der Waals surface area contributed by atoms with Crippen LogP contribution in [0.4, 0.5) is 11.4 Å². The lowest BCUT2D eigenvalue weighted by atomic mass is 10.1. The van der Waals surface area contributed by atoms with Crippen molar-refractivity contribution < 1.29 is 24.3 Å². The quantitative estimate of drug-likeness (QED) is 0.361. The number of amides is 3. The van der Waals surface area contributed by atoms with Crippen LogP contribution in [0, 0.1) is 10.7 Å². The molecule has 188 valence electrons. The molecule has 0 heterocycles. The largest absolute Gasteiger partial charge is 0.480 e. The van der Waals surface area contributed by atoms with E-state index in [-0.39, 0.29) is 23.9 Å². The molecular weight excluding hydrogens is 791 g/mol. The van der Waals surface area contributed by atoms with E-state index < -0.39 is 18.4 Å². The van der Waals surface area contributed by atoms with E-state index in [1.807, 2.05) is 89.4 Å². The topological polar surface area (TPSA) is 98.2 Å². The highest BCUT2D eigenvalue weighted by Gasteiger charge is 2.33. The first-order chi connectivity index (χ1) is 16.5. The number of rotatable bonds is 9. The van der Waals surface area contributed by atoms with Crippen molar-refractivity contribution in [3.05, 3.63) is 52.2 Å². The van der Waals surface area contributed by atoms with Crippen LogP contribution in [0.1, 0.15) is 43.6 Å². The normalized spacial score (nSPS) is 10.6. The van der Waals surface area contributed by atoms with Crippen LogP contribution >= 0.6 is 67.8 Å². The molecule has 35 heavy (non-hydrogen) atoms. The van der Waals surface area contributed by atoms with Crippen LogP contribution in [0.3, 0.4) is 0 Å². The van der Waals surface area contributed by atoms with E-state index in [9.17, 15) is 24.3 Å². The van der Waals surface area contributed by atoms with Gasteiger partial charge in [0.2, 0.25) is 11.8 Å². The molecule has 0 spiro atoms. The third-order valence-corrected chi connectivity index (χ3v) is 8.37. The number of hydrogen-bond donors (Lipinski definition) is 1. The van der Waals surface area contributed by atoms with Crippen LogP contribution in [0.5, 0.6) is 0 Å². The number of hydrogen-bond acceptors (Lipinski definition) is 4. The standard InChI is InChI=1S/C24H26I3N3O5/c1-5-29(14(3)31)22-19(25)18(20(26)23(21(22)27)30(6-2)15(4)32)24(35)28(13-17(33)34)12-16-10-8-7-9-11-16/h7-11H,5-6,12-13H2,1-4H3,(H,33,34). The second-order valence-electron chi connectivity index (χ2n) is 7.58. The minimum atomic E-state index is -1.14. The van der Waals surface area contributed by atoms with Crippen LogP contribution in [-0.2, 0) is 20.9 Å². The lowest BCUT2D eigenvalue weighted by Gasteiger charge is -2.31. The van der Waals surface area contributed by atoms with E-state index in [0.717, 1.165) is 5.56 Å². The molecule has 2 rings (SSSR count). The molecule has 0 aliphatic heterocycles. The van der Waals surface area contributed by atoms with Crippen molar-refractivity contribution in [1.82, 2.24) is 4.90 Å². The van der Waals surface area contributed by atoms with Crippen LogP contribution in [0.15, 0.2) is 30.3 Å². The minimum Gasteiger partial charge on any atom is -0.480 e. The molecule has 0 atom stereocenters. The first-order valence-electron chi connectivity index (χ1n) is 10.8. The number of carbonyl (C=O) groups excluding carboxylic acids is 3. The summed E-state index contributed by atoms with van der Waals surface area (Å²) in [5, 5.41) is 9.54. The number of carbonyl (C=O) groups is 4. The van der Waals surface area contributed by atoms with Gasteiger partial charge in [0.25, 0.3) is 5.91 Å². The van der Waals surface area contributed by atoms with Crippen LogP contribution in [0.25, 0.3) is 0 Å². The van der Waals surface area contributed by atoms with Gasteiger partial charge in [0, 0.05) is 33.5 Å². The maximum atomic E-state index is 13.9. The van der Waals surface area contributed by atoms with Crippen molar-refractivity contribution in [2.75, 3.05) is 29.4 Å². The number of carboxylic acids is 1. The summed E-state index contributed by atoms with van der Waals surface area (Å²) in [6.45, 7) is 6.90.